The summed E-state index contributed by atoms with van der Waals surface area (Å²) in [5.74, 6) is -2.03. The smallest absolute Gasteiger partial charge is 0.493 e. The molecular weight excluding hydrogens is 292 g/mol. The van der Waals surface area contributed by atoms with Gasteiger partial charge in [0.2, 0.25) is 0 Å². The minimum absolute atomic E-state index is 0.181. The molecule has 0 amide bonds. The van der Waals surface area contributed by atoms with Gasteiger partial charge in [-0.15, -0.1) is 0 Å². The number of fused-ring (bicyclic) bond motifs is 1. The van der Waals surface area contributed by atoms with E-state index < -0.39 is 27.2 Å². The Balaban J connectivity index is 2.37. The number of hydrogen-bond acceptors (Lipinski definition) is 4. The van der Waals surface area contributed by atoms with Gasteiger partial charge in [-0.05, 0) is 24.5 Å². The summed E-state index contributed by atoms with van der Waals surface area (Å²) in [6.45, 7) is 0.369. The van der Waals surface area contributed by atoms with Crippen LogP contribution in [-0.4, -0.2) is 20.5 Å². The second-order valence-electron chi connectivity index (χ2n) is 3.83. The molecule has 0 radical (unpaired) electrons. The number of benzene rings is 1. The number of hydrogen-bond donors (Lipinski definition) is 0. The first kappa shape index (κ1) is 13.9. The van der Waals surface area contributed by atoms with Crippen molar-refractivity contribution in [1.82, 2.24) is 0 Å². The van der Waals surface area contributed by atoms with Gasteiger partial charge < -0.3 is 8.92 Å². The first-order valence-corrected chi connectivity index (χ1v) is 6.57. The molecule has 2 rings (SSSR count). The van der Waals surface area contributed by atoms with Crippen molar-refractivity contribution in [3.63, 3.8) is 0 Å². The van der Waals surface area contributed by atoms with Gasteiger partial charge in [0.1, 0.15) is 5.75 Å². The van der Waals surface area contributed by atoms with Gasteiger partial charge >= 0.3 is 15.6 Å². The van der Waals surface area contributed by atoms with Crippen molar-refractivity contribution in [2.24, 2.45) is 0 Å². The van der Waals surface area contributed by atoms with Crippen molar-refractivity contribution < 1.29 is 34.9 Å². The van der Waals surface area contributed by atoms with Crippen molar-refractivity contribution in [2.45, 2.75) is 18.3 Å². The Morgan fingerprint density at radius 1 is 1.26 bits per heavy atom. The third kappa shape index (κ3) is 2.75. The Kier molecular flexibility index (Phi) is 3.33. The fourth-order valence-corrected chi connectivity index (χ4v) is 2.04. The third-order valence-electron chi connectivity index (χ3n) is 2.45. The van der Waals surface area contributed by atoms with Gasteiger partial charge in [-0.25, -0.2) is 4.39 Å². The summed E-state index contributed by atoms with van der Waals surface area (Å²) in [7, 11) is -5.88. The molecule has 0 saturated heterocycles. The third-order valence-corrected chi connectivity index (χ3v) is 3.41. The minimum atomic E-state index is -5.88. The van der Waals surface area contributed by atoms with Gasteiger partial charge in [-0.2, -0.15) is 21.6 Å². The van der Waals surface area contributed by atoms with Gasteiger partial charge in [0.25, 0.3) is 0 Å². The summed E-state index contributed by atoms with van der Waals surface area (Å²) >= 11 is 0. The standard InChI is InChI=1S/C10H8F4O4S/c11-7-5-8-6(2-1-3-17-8)4-9(7)18-19(15,16)10(12,13)14/h4-5H,1-3H2. The SMILES string of the molecule is O=S(=O)(Oc1cc2c(cc1F)OCCC2)C(F)(F)F. The van der Waals surface area contributed by atoms with Crippen LogP contribution < -0.4 is 8.92 Å². The molecular formula is C10H8F4O4S. The minimum Gasteiger partial charge on any atom is -0.493 e. The van der Waals surface area contributed by atoms with Crippen LogP contribution in [0.2, 0.25) is 0 Å². The van der Waals surface area contributed by atoms with Crippen LogP contribution in [0, 0.1) is 5.82 Å². The van der Waals surface area contributed by atoms with Crippen molar-refractivity contribution in [3.05, 3.63) is 23.5 Å². The van der Waals surface area contributed by atoms with E-state index in [9.17, 15) is 26.0 Å². The summed E-state index contributed by atoms with van der Waals surface area (Å²) in [5, 5.41) is 0. The Labute approximate surface area is 106 Å². The van der Waals surface area contributed by atoms with Gasteiger partial charge in [-0.1, -0.05) is 0 Å². The first-order valence-electron chi connectivity index (χ1n) is 5.17. The molecule has 0 fully saturated rings. The summed E-state index contributed by atoms with van der Waals surface area (Å²) in [6, 6.07) is 1.73. The molecule has 9 heteroatoms. The molecule has 0 N–H and O–H groups in total. The van der Waals surface area contributed by atoms with Gasteiger partial charge in [0.05, 0.1) is 6.61 Å². The van der Waals surface area contributed by atoms with Crippen molar-refractivity contribution >= 4 is 10.1 Å². The molecule has 4 nitrogen and oxygen atoms in total. The largest absolute Gasteiger partial charge is 0.534 e. The summed E-state index contributed by atoms with van der Waals surface area (Å²) in [4.78, 5) is 0. The zero-order valence-corrected chi connectivity index (χ0v) is 10.1. The molecule has 0 aromatic heterocycles. The monoisotopic (exact) mass is 300 g/mol. The summed E-state index contributed by atoms with van der Waals surface area (Å²) in [5.41, 5.74) is -5.20. The van der Waals surface area contributed by atoms with E-state index in [1.807, 2.05) is 0 Å². The molecule has 0 bridgehead atoms. The average molecular weight is 300 g/mol. The maximum absolute atomic E-state index is 13.5. The van der Waals surface area contributed by atoms with Crippen LogP contribution in [-0.2, 0) is 16.5 Å². The van der Waals surface area contributed by atoms with E-state index >= 15 is 0 Å². The zero-order chi connectivity index (χ0) is 14.3. The summed E-state index contributed by atoms with van der Waals surface area (Å²) < 4.78 is 80.3. The topological polar surface area (TPSA) is 52.6 Å². The lowest BCUT2D eigenvalue weighted by atomic mass is 10.1. The van der Waals surface area contributed by atoms with E-state index in [2.05, 4.69) is 4.18 Å². The van der Waals surface area contributed by atoms with Crippen LogP contribution in [0.1, 0.15) is 12.0 Å². The predicted molar refractivity (Wildman–Crippen MR) is 55.8 cm³/mol. The molecule has 19 heavy (non-hydrogen) atoms. The van der Waals surface area contributed by atoms with Gasteiger partial charge in [0, 0.05) is 6.07 Å². The fraction of sp³-hybridized carbons (Fsp3) is 0.400. The number of ether oxygens (including phenoxy) is 1. The van der Waals surface area contributed by atoms with Crippen LogP contribution in [0.4, 0.5) is 17.6 Å². The molecule has 0 saturated carbocycles. The molecule has 1 aromatic carbocycles. The quantitative estimate of drug-likeness (QED) is 0.478. The van der Waals surface area contributed by atoms with Gasteiger partial charge in [-0.3, -0.25) is 0 Å². The molecule has 0 spiro atoms. The Morgan fingerprint density at radius 3 is 2.58 bits per heavy atom. The molecule has 1 aliphatic rings. The molecule has 1 aromatic rings. The normalized spacial score (nSPS) is 15.6. The molecule has 0 atom stereocenters. The molecule has 1 heterocycles. The number of rotatable bonds is 2. The highest BCUT2D eigenvalue weighted by Gasteiger charge is 2.49. The lowest BCUT2D eigenvalue weighted by Gasteiger charge is -2.18. The van der Waals surface area contributed by atoms with Gasteiger partial charge in [0.15, 0.2) is 11.6 Å². The van der Waals surface area contributed by atoms with E-state index in [0.717, 1.165) is 12.1 Å². The Bertz CT molecular complexity index is 594. The first-order chi connectivity index (χ1) is 8.71. The number of aryl methyl sites for hydroxylation is 1. The molecule has 0 aliphatic carbocycles. The van der Waals surface area contributed by atoms with E-state index in [-0.39, 0.29) is 5.75 Å². The zero-order valence-electron chi connectivity index (χ0n) is 9.33. The average Bonchev–Trinajstić information content (AvgIpc) is 2.28. The molecule has 0 unspecified atom stereocenters. The Morgan fingerprint density at radius 2 is 1.95 bits per heavy atom. The van der Waals surface area contributed by atoms with Crippen molar-refractivity contribution in [1.29, 1.82) is 0 Å². The maximum atomic E-state index is 13.5. The van der Waals surface area contributed by atoms with E-state index in [1.54, 1.807) is 0 Å². The fourth-order valence-electron chi connectivity index (χ4n) is 1.58. The summed E-state index contributed by atoms with van der Waals surface area (Å²) in [6.07, 6.45) is 1.04. The Hall–Kier alpha value is -1.51. The van der Waals surface area contributed by atoms with E-state index in [1.165, 1.54) is 0 Å². The van der Waals surface area contributed by atoms with E-state index in [4.69, 9.17) is 4.74 Å². The number of alkyl halides is 3. The van der Waals surface area contributed by atoms with Crippen LogP contribution >= 0.6 is 0 Å². The van der Waals surface area contributed by atoms with Crippen LogP contribution in [0.5, 0.6) is 11.5 Å². The molecule has 1 aliphatic heterocycles. The van der Waals surface area contributed by atoms with E-state index in [0.29, 0.717) is 25.0 Å². The highest BCUT2D eigenvalue weighted by atomic mass is 32.2. The highest BCUT2D eigenvalue weighted by Crippen LogP contribution is 2.34. The van der Waals surface area contributed by atoms with Crippen LogP contribution in [0.3, 0.4) is 0 Å². The second-order valence-corrected chi connectivity index (χ2v) is 5.36. The lowest BCUT2D eigenvalue weighted by Crippen LogP contribution is -2.28. The maximum Gasteiger partial charge on any atom is 0.534 e. The lowest BCUT2D eigenvalue weighted by molar-refractivity contribution is -0.0500. The van der Waals surface area contributed by atoms with Crippen molar-refractivity contribution in [2.75, 3.05) is 6.61 Å². The number of halogens is 4. The predicted octanol–water partition coefficient (Wildman–Crippen LogP) is 2.38. The molecule has 106 valence electrons. The highest BCUT2D eigenvalue weighted by molar-refractivity contribution is 7.88. The van der Waals surface area contributed by atoms with Crippen molar-refractivity contribution in [3.8, 4) is 11.5 Å². The van der Waals surface area contributed by atoms with Crippen LogP contribution in [0.25, 0.3) is 0 Å². The second kappa shape index (κ2) is 4.55. The van der Waals surface area contributed by atoms with Crippen LogP contribution in [0.15, 0.2) is 12.1 Å².